The van der Waals surface area contributed by atoms with Crippen molar-refractivity contribution in [2.24, 2.45) is 0 Å². The molecular formula is C44H49F2N7O4. The number of benzene rings is 2. The molecule has 13 heteroatoms. The molecule has 2 aromatic heterocycles. The average molecular weight is 778 g/mol. The molecule has 0 radical (unpaired) electrons. The SMILES string of the molecule is C=C1CN2[C@H](COC(=O)N3CCOCC3)CC[C@@]2(COc2nc3c4c(nc(-c5cccc6ccc(F)c(C(=C)CC)c56)c(F)c4n2)CCC2C4CCC(CN32)N4)C1. The van der Waals surface area contributed by atoms with Gasteiger partial charge in [-0.2, -0.15) is 9.97 Å². The van der Waals surface area contributed by atoms with Crippen LogP contribution in [0.3, 0.4) is 0 Å². The third kappa shape index (κ3) is 6.15. The summed E-state index contributed by atoms with van der Waals surface area (Å²) in [6.07, 6.45) is 6.24. The van der Waals surface area contributed by atoms with Crippen molar-refractivity contribution in [2.45, 2.75) is 88.0 Å². The van der Waals surface area contributed by atoms with Gasteiger partial charge in [0.05, 0.1) is 29.8 Å². The highest BCUT2D eigenvalue weighted by Gasteiger charge is 2.52. The minimum Gasteiger partial charge on any atom is -0.461 e. The summed E-state index contributed by atoms with van der Waals surface area (Å²) in [7, 11) is 0. The number of pyridine rings is 1. The number of piperazine rings is 1. The molecule has 10 rings (SSSR count). The molecule has 8 heterocycles. The summed E-state index contributed by atoms with van der Waals surface area (Å²) in [5.74, 6) is -0.314. The van der Waals surface area contributed by atoms with Gasteiger partial charge in [-0.05, 0) is 68.4 Å². The number of aromatic nitrogens is 3. The number of morpholine rings is 1. The highest BCUT2D eigenvalue weighted by molar-refractivity contribution is 6.05. The Morgan fingerprint density at radius 3 is 2.77 bits per heavy atom. The number of rotatable bonds is 8. The fourth-order valence-electron chi connectivity index (χ4n) is 10.6. The van der Waals surface area contributed by atoms with Crippen molar-refractivity contribution in [1.29, 1.82) is 0 Å². The third-order valence-electron chi connectivity index (χ3n) is 13.5. The van der Waals surface area contributed by atoms with Crippen LogP contribution in [0.15, 0.2) is 49.1 Å². The van der Waals surface area contributed by atoms with Crippen molar-refractivity contribution in [1.82, 2.24) is 30.1 Å². The zero-order valence-corrected chi connectivity index (χ0v) is 32.5. The Labute approximate surface area is 331 Å². The molecular weight excluding hydrogens is 729 g/mol. The van der Waals surface area contributed by atoms with E-state index in [0.29, 0.717) is 91.1 Å². The molecule has 11 nitrogen and oxygen atoms in total. The number of carbonyl (C=O) groups is 1. The molecule has 6 aliphatic heterocycles. The van der Waals surface area contributed by atoms with Crippen molar-refractivity contribution in [3.8, 4) is 17.3 Å². The lowest BCUT2D eigenvalue weighted by atomic mass is 9.91. The first-order chi connectivity index (χ1) is 27.7. The van der Waals surface area contributed by atoms with Crippen LogP contribution in [0.1, 0.15) is 63.1 Å². The van der Waals surface area contributed by atoms with Crippen molar-refractivity contribution in [3.05, 3.63) is 72.0 Å². The molecule has 1 N–H and O–H groups in total. The molecule has 57 heavy (non-hydrogen) atoms. The van der Waals surface area contributed by atoms with Crippen LogP contribution >= 0.6 is 0 Å². The predicted molar refractivity (Wildman–Crippen MR) is 214 cm³/mol. The highest BCUT2D eigenvalue weighted by atomic mass is 19.1. The summed E-state index contributed by atoms with van der Waals surface area (Å²) in [6, 6.07) is 9.67. The van der Waals surface area contributed by atoms with E-state index in [1.807, 2.05) is 25.1 Å². The fourth-order valence-corrected chi connectivity index (χ4v) is 10.6. The zero-order chi connectivity index (χ0) is 39.0. The Kier molecular flexibility index (Phi) is 9.17. The van der Waals surface area contributed by atoms with E-state index in [1.165, 1.54) is 6.07 Å². The predicted octanol–water partition coefficient (Wildman–Crippen LogP) is 6.81. The topological polar surface area (TPSA) is 105 Å². The molecule has 1 amide bonds. The number of nitrogens with zero attached hydrogens (tertiary/aromatic N) is 6. The third-order valence-corrected chi connectivity index (χ3v) is 13.5. The lowest BCUT2D eigenvalue weighted by Gasteiger charge is -2.41. The lowest BCUT2D eigenvalue weighted by molar-refractivity contribution is 0.0139. The second-order valence-electron chi connectivity index (χ2n) is 16.8. The minimum atomic E-state index is -0.583. The first-order valence-electron chi connectivity index (χ1n) is 20.6. The maximum absolute atomic E-state index is 17.5. The van der Waals surface area contributed by atoms with E-state index < -0.39 is 11.6 Å². The van der Waals surface area contributed by atoms with Gasteiger partial charge < -0.3 is 29.3 Å². The summed E-state index contributed by atoms with van der Waals surface area (Å²) in [4.78, 5) is 34.4. The van der Waals surface area contributed by atoms with Gasteiger partial charge in [0.15, 0.2) is 5.82 Å². The molecule has 5 saturated heterocycles. The molecule has 5 fully saturated rings. The number of fused-ring (bicyclic) bond motifs is 7. The van der Waals surface area contributed by atoms with Gasteiger partial charge >= 0.3 is 12.1 Å². The van der Waals surface area contributed by atoms with Crippen LogP contribution in [0.5, 0.6) is 6.01 Å². The van der Waals surface area contributed by atoms with Crippen molar-refractivity contribution in [2.75, 3.05) is 57.5 Å². The van der Waals surface area contributed by atoms with Crippen LogP contribution in [0.2, 0.25) is 0 Å². The number of nitrogens with one attached hydrogen (secondary N) is 1. The maximum atomic E-state index is 17.5. The van der Waals surface area contributed by atoms with Crippen molar-refractivity contribution < 1.29 is 27.8 Å². The largest absolute Gasteiger partial charge is 0.461 e. The number of carbonyl (C=O) groups excluding carboxylic acids is 1. The van der Waals surface area contributed by atoms with Gasteiger partial charge in [0, 0.05) is 66.9 Å². The van der Waals surface area contributed by atoms with E-state index in [4.69, 9.17) is 29.2 Å². The molecule has 298 valence electrons. The minimum absolute atomic E-state index is 0.0185. The van der Waals surface area contributed by atoms with E-state index >= 15 is 8.78 Å². The second kappa shape index (κ2) is 14.3. The number of aryl methyl sites for hydroxylation is 1. The lowest BCUT2D eigenvalue weighted by Crippen LogP contribution is -2.58. The van der Waals surface area contributed by atoms with Crippen LogP contribution in [-0.2, 0) is 15.9 Å². The molecule has 5 atom stereocenters. The standard InChI is InChI=1S/C44H49F2N7O4/c1-4-26(3)35-31(45)10-8-27-6-5-7-30(36(27)35)39-38(46)40-37-33(48-39)12-13-34-32-11-9-28(47-32)22-52(34)41(37)50-42(49-40)57-24-44-15-14-29(53(44)21-25(2)20-44)23-56-43(54)51-16-18-55-19-17-51/h5-8,10,28-29,32,34,47H,2-4,9,11-24H2,1H3/t28?,29-,32?,34?,44-/m0/s1. The van der Waals surface area contributed by atoms with E-state index in [-0.39, 0.29) is 54.2 Å². The molecule has 6 aliphatic rings. The van der Waals surface area contributed by atoms with Gasteiger partial charge in [-0.3, -0.25) is 4.90 Å². The summed E-state index contributed by atoms with van der Waals surface area (Å²) in [5, 5.41) is 5.80. The summed E-state index contributed by atoms with van der Waals surface area (Å²) in [6.45, 7) is 14.6. The van der Waals surface area contributed by atoms with Crippen LogP contribution in [0, 0.1) is 11.6 Å². The Balaban J connectivity index is 1.03. The van der Waals surface area contributed by atoms with Gasteiger partial charge in [-0.1, -0.05) is 49.9 Å². The fraction of sp³-hybridized carbons (Fsp3) is 0.500. The first-order valence-corrected chi connectivity index (χ1v) is 20.6. The normalized spacial score (nSPS) is 26.8. The van der Waals surface area contributed by atoms with Crippen LogP contribution < -0.4 is 15.0 Å². The number of hydrogen-bond acceptors (Lipinski definition) is 10. The van der Waals surface area contributed by atoms with Crippen molar-refractivity contribution in [3.63, 3.8) is 0 Å². The number of amides is 1. The highest BCUT2D eigenvalue weighted by Crippen LogP contribution is 2.46. The van der Waals surface area contributed by atoms with Gasteiger partial charge in [-0.15, -0.1) is 0 Å². The Morgan fingerprint density at radius 1 is 1.07 bits per heavy atom. The monoisotopic (exact) mass is 777 g/mol. The number of anilines is 1. The average Bonchev–Trinajstić information content (AvgIpc) is 3.85. The van der Waals surface area contributed by atoms with E-state index in [2.05, 4.69) is 28.3 Å². The van der Waals surface area contributed by atoms with Gasteiger partial charge in [0.25, 0.3) is 0 Å². The number of halogens is 2. The van der Waals surface area contributed by atoms with E-state index in [1.54, 1.807) is 11.0 Å². The number of hydrogen-bond donors (Lipinski definition) is 1. The zero-order valence-electron chi connectivity index (χ0n) is 32.5. The number of ether oxygens (including phenoxy) is 3. The van der Waals surface area contributed by atoms with Gasteiger partial charge in [-0.25, -0.2) is 18.6 Å². The van der Waals surface area contributed by atoms with E-state index in [0.717, 1.165) is 61.7 Å². The second-order valence-corrected chi connectivity index (χ2v) is 16.8. The molecule has 2 bridgehead atoms. The summed E-state index contributed by atoms with van der Waals surface area (Å²) >= 11 is 0. The molecule has 4 aromatic rings. The van der Waals surface area contributed by atoms with Gasteiger partial charge in [0.1, 0.15) is 36.1 Å². The number of allylic oxidation sites excluding steroid dienone is 1. The quantitative estimate of drug-likeness (QED) is 0.192. The smallest absolute Gasteiger partial charge is 0.409 e. The van der Waals surface area contributed by atoms with Crippen LogP contribution in [0.4, 0.5) is 19.4 Å². The molecule has 3 unspecified atom stereocenters. The molecule has 0 aliphatic carbocycles. The maximum Gasteiger partial charge on any atom is 0.409 e. The first kappa shape index (κ1) is 36.6. The Bertz CT molecular complexity index is 2320. The Hall–Kier alpha value is -4.72. The molecule has 0 saturated carbocycles. The van der Waals surface area contributed by atoms with Crippen LogP contribution in [0.25, 0.3) is 38.5 Å². The van der Waals surface area contributed by atoms with Crippen LogP contribution in [-0.4, -0.2) is 113 Å². The Morgan fingerprint density at radius 2 is 1.93 bits per heavy atom. The van der Waals surface area contributed by atoms with E-state index in [9.17, 15) is 4.79 Å². The van der Waals surface area contributed by atoms with Crippen molar-refractivity contribution >= 4 is 39.2 Å². The van der Waals surface area contributed by atoms with Gasteiger partial charge in [0.2, 0.25) is 0 Å². The summed E-state index contributed by atoms with van der Waals surface area (Å²) in [5.41, 5.74) is 3.27. The molecule has 2 aromatic carbocycles. The summed E-state index contributed by atoms with van der Waals surface area (Å²) < 4.78 is 51.0. The molecule has 0 spiro atoms.